The smallest absolute Gasteiger partial charge is 0.292 e. The predicted molar refractivity (Wildman–Crippen MR) is 64.4 cm³/mol. The Morgan fingerprint density at radius 2 is 2.33 bits per heavy atom. The molecule has 0 atom stereocenters. The molecule has 1 N–H and O–H groups in total. The SMILES string of the molecule is C=C(Br)CNc1c(C)cccc1[N+](=O)[O-]. The Hall–Kier alpha value is -1.36. The van der Waals surface area contributed by atoms with Gasteiger partial charge in [0.1, 0.15) is 5.69 Å². The fourth-order valence-electron chi connectivity index (χ4n) is 1.22. The van der Waals surface area contributed by atoms with E-state index in [0.29, 0.717) is 12.2 Å². The lowest BCUT2D eigenvalue weighted by Crippen LogP contribution is -2.05. The van der Waals surface area contributed by atoms with Gasteiger partial charge in [0.05, 0.1) is 4.92 Å². The molecule has 0 amide bonds. The molecule has 80 valence electrons. The van der Waals surface area contributed by atoms with Crippen molar-refractivity contribution >= 4 is 27.3 Å². The molecule has 0 aromatic heterocycles. The first-order chi connectivity index (χ1) is 7.02. The Morgan fingerprint density at radius 3 is 2.87 bits per heavy atom. The van der Waals surface area contributed by atoms with Gasteiger partial charge in [-0.3, -0.25) is 10.1 Å². The standard InChI is InChI=1S/C10H11BrN2O2/c1-7-4-3-5-9(13(14)15)10(7)12-6-8(2)11/h3-5,12H,2,6H2,1H3. The Balaban J connectivity index is 3.02. The molecular weight excluding hydrogens is 260 g/mol. The summed E-state index contributed by atoms with van der Waals surface area (Å²) in [4.78, 5) is 10.4. The largest absolute Gasteiger partial charge is 0.375 e. The van der Waals surface area contributed by atoms with Crippen molar-refractivity contribution in [1.82, 2.24) is 0 Å². The molecule has 0 fully saturated rings. The van der Waals surface area contributed by atoms with Crippen molar-refractivity contribution in [3.63, 3.8) is 0 Å². The Bertz CT molecular complexity index is 404. The van der Waals surface area contributed by atoms with Gasteiger partial charge in [-0.25, -0.2) is 0 Å². The number of aryl methyl sites for hydroxylation is 1. The molecule has 15 heavy (non-hydrogen) atoms. The second-order valence-electron chi connectivity index (χ2n) is 3.10. The van der Waals surface area contributed by atoms with Crippen LogP contribution >= 0.6 is 15.9 Å². The van der Waals surface area contributed by atoms with Crippen molar-refractivity contribution in [3.8, 4) is 0 Å². The number of nitrogens with one attached hydrogen (secondary N) is 1. The third-order valence-corrected chi connectivity index (χ3v) is 2.18. The number of halogens is 1. The zero-order valence-corrected chi connectivity index (χ0v) is 9.87. The summed E-state index contributed by atoms with van der Waals surface area (Å²) in [6.45, 7) is 5.95. The zero-order valence-electron chi connectivity index (χ0n) is 8.29. The minimum Gasteiger partial charge on any atom is -0.375 e. The number of nitrogens with zero attached hydrogens (tertiary/aromatic N) is 1. The number of para-hydroxylation sites is 1. The number of rotatable bonds is 4. The summed E-state index contributed by atoms with van der Waals surface area (Å²) >= 11 is 3.19. The number of hydrogen-bond acceptors (Lipinski definition) is 3. The fraction of sp³-hybridized carbons (Fsp3) is 0.200. The van der Waals surface area contributed by atoms with Crippen molar-refractivity contribution in [1.29, 1.82) is 0 Å². The lowest BCUT2D eigenvalue weighted by molar-refractivity contribution is -0.384. The van der Waals surface area contributed by atoms with Crippen LogP contribution in [0.1, 0.15) is 5.56 Å². The number of nitro groups is 1. The van der Waals surface area contributed by atoms with Crippen molar-refractivity contribution in [3.05, 3.63) is 44.9 Å². The minimum absolute atomic E-state index is 0.0868. The predicted octanol–water partition coefficient (Wildman–Crippen LogP) is 3.22. The van der Waals surface area contributed by atoms with E-state index in [-0.39, 0.29) is 5.69 Å². The van der Waals surface area contributed by atoms with E-state index in [1.54, 1.807) is 6.07 Å². The summed E-state index contributed by atoms with van der Waals surface area (Å²) in [6.07, 6.45) is 0. The lowest BCUT2D eigenvalue weighted by Gasteiger charge is -2.08. The van der Waals surface area contributed by atoms with Gasteiger partial charge >= 0.3 is 0 Å². The first-order valence-corrected chi connectivity index (χ1v) is 5.13. The van der Waals surface area contributed by atoms with Crippen molar-refractivity contribution in [2.24, 2.45) is 0 Å². The summed E-state index contributed by atoms with van der Waals surface area (Å²) in [5, 5.41) is 13.7. The highest BCUT2D eigenvalue weighted by Gasteiger charge is 2.14. The molecule has 0 heterocycles. The highest BCUT2D eigenvalue weighted by Crippen LogP contribution is 2.27. The van der Waals surface area contributed by atoms with Gasteiger partial charge in [-0.1, -0.05) is 34.6 Å². The molecule has 0 aliphatic carbocycles. The van der Waals surface area contributed by atoms with E-state index in [1.807, 2.05) is 13.0 Å². The van der Waals surface area contributed by atoms with Gasteiger partial charge in [0.15, 0.2) is 0 Å². The van der Waals surface area contributed by atoms with Crippen LogP contribution in [0.3, 0.4) is 0 Å². The number of benzene rings is 1. The maximum Gasteiger partial charge on any atom is 0.292 e. The topological polar surface area (TPSA) is 55.2 Å². The van der Waals surface area contributed by atoms with Crippen LogP contribution in [0.15, 0.2) is 29.3 Å². The molecule has 0 saturated carbocycles. The number of hydrogen-bond donors (Lipinski definition) is 1. The first kappa shape index (κ1) is 11.7. The van der Waals surface area contributed by atoms with Crippen LogP contribution in [-0.2, 0) is 0 Å². The summed E-state index contributed by atoms with van der Waals surface area (Å²) < 4.78 is 0.750. The fourth-order valence-corrected chi connectivity index (χ4v) is 1.36. The van der Waals surface area contributed by atoms with Crippen molar-refractivity contribution in [2.75, 3.05) is 11.9 Å². The molecule has 1 aromatic carbocycles. The molecular formula is C10H11BrN2O2. The van der Waals surface area contributed by atoms with E-state index in [4.69, 9.17) is 0 Å². The zero-order chi connectivity index (χ0) is 11.4. The van der Waals surface area contributed by atoms with E-state index in [2.05, 4.69) is 27.8 Å². The molecule has 4 nitrogen and oxygen atoms in total. The van der Waals surface area contributed by atoms with Crippen LogP contribution in [0.4, 0.5) is 11.4 Å². The molecule has 1 rings (SSSR count). The van der Waals surface area contributed by atoms with Gasteiger partial charge < -0.3 is 5.32 Å². The molecule has 0 bridgehead atoms. The van der Waals surface area contributed by atoms with Crippen molar-refractivity contribution in [2.45, 2.75) is 6.92 Å². The first-order valence-electron chi connectivity index (χ1n) is 4.33. The second-order valence-corrected chi connectivity index (χ2v) is 4.22. The number of nitro benzene ring substituents is 1. The maximum absolute atomic E-state index is 10.8. The third kappa shape index (κ3) is 3.06. The van der Waals surface area contributed by atoms with Gasteiger partial charge in [0, 0.05) is 17.1 Å². The lowest BCUT2D eigenvalue weighted by atomic mass is 10.1. The van der Waals surface area contributed by atoms with Crippen LogP contribution in [0.5, 0.6) is 0 Å². The monoisotopic (exact) mass is 270 g/mol. The van der Waals surface area contributed by atoms with Gasteiger partial charge in [-0.2, -0.15) is 0 Å². The van der Waals surface area contributed by atoms with E-state index < -0.39 is 4.92 Å². The number of anilines is 1. The van der Waals surface area contributed by atoms with E-state index in [1.165, 1.54) is 6.07 Å². The molecule has 5 heteroatoms. The van der Waals surface area contributed by atoms with Gasteiger partial charge in [-0.15, -0.1) is 0 Å². The van der Waals surface area contributed by atoms with Gasteiger partial charge in [0.25, 0.3) is 5.69 Å². The van der Waals surface area contributed by atoms with Crippen LogP contribution in [0.2, 0.25) is 0 Å². The second kappa shape index (κ2) is 4.93. The molecule has 0 unspecified atom stereocenters. The molecule has 0 radical (unpaired) electrons. The molecule has 1 aromatic rings. The van der Waals surface area contributed by atoms with Gasteiger partial charge in [-0.05, 0) is 12.5 Å². The maximum atomic E-state index is 10.8. The van der Waals surface area contributed by atoms with Crippen molar-refractivity contribution < 1.29 is 4.92 Å². The van der Waals surface area contributed by atoms with Crippen LogP contribution < -0.4 is 5.32 Å². The van der Waals surface area contributed by atoms with E-state index >= 15 is 0 Å². The van der Waals surface area contributed by atoms with Crippen LogP contribution in [0.25, 0.3) is 0 Å². The molecule has 0 saturated heterocycles. The Morgan fingerprint density at radius 1 is 1.67 bits per heavy atom. The molecule has 0 spiro atoms. The quantitative estimate of drug-likeness (QED) is 0.675. The highest BCUT2D eigenvalue weighted by atomic mass is 79.9. The molecule has 0 aliphatic heterocycles. The molecule has 0 aliphatic rings. The normalized spacial score (nSPS) is 9.73. The summed E-state index contributed by atoms with van der Waals surface area (Å²) in [6, 6.07) is 4.97. The highest BCUT2D eigenvalue weighted by molar-refractivity contribution is 9.11. The summed E-state index contributed by atoms with van der Waals surface area (Å²) in [7, 11) is 0. The Kier molecular flexibility index (Phi) is 3.85. The summed E-state index contributed by atoms with van der Waals surface area (Å²) in [5.41, 5.74) is 1.48. The van der Waals surface area contributed by atoms with E-state index in [0.717, 1.165) is 10.0 Å². The Labute approximate surface area is 96.3 Å². The average Bonchev–Trinajstić information content (AvgIpc) is 2.15. The summed E-state index contributed by atoms with van der Waals surface area (Å²) in [5.74, 6) is 0. The van der Waals surface area contributed by atoms with Gasteiger partial charge in [0.2, 0.25) is 0 Å². The van der Waals surface area contributed by atoms with E-state index in [9.17, 15) is 10.1 Å². The average molecular weight is 271 g/mol. The van der Waals surface area contributed by atoms with Crippen LogP contribution in [-0.4, -0.2) is 11.5 Å². The van der Waals surface area contributed by atoms with Crippen LogP contribution in [0, 0.1) is 17.0 Å². The third-order valence-electron chi connectivity index (χ3n) is 1.90. The minimum atomic E-state index is -0.397.